The first-order valence-corrected chi connectivity index (χ1v) is 6.59. The van der Waals surface area contributed by atoms with Crippen molar-refractivity contribution in [3.63, 3.8) is 0 Å². The molecule has 2 aromatic carbocycles. The highest BCUT2D eigenvalue weighted by atomic mass is 79.9. The van der Waals surface area contributed by atoms with Gasteiger partial charge in [-0.15, -0.1) is 0 Å². The van der Waals surface area contributed by atoms with Crippen molar-refractivity contribution in [1.82, 2.24) is 0 Å². The minimum absolute atomic E-state index is 0.240. The predicted molar refractivity (Wildman–Crippen MR) is 78.9 cm³/mol. The van der Waals surface area contributed by atoms with E-state index >= 15 is 0 Å². The Kier molecular flexibility index (Phi) is 4.35. The molecule has 0 heterocycles. The van der Waals surface area contributed by atoms with Crippen molar-refractivity contribution in [2.45, 2.75) is 0 Å². The topological polar surface area (TPSA) is 46.2 Å². The van der Waals surface area contributed by atoms with Gasteiger partial charge in [0.2, 0.25) is 0 Å². The summed E-state index contributed by atoms with van der Waals surface area (Å²) < 4.78 is 0.665. The molecule has 1 N–H and O–H groups in total. The lowest BCUT2D eigenvalue weighted by Crippen LogP contribution is -2.11. The fourth-order valence-corrected chi connectivity index (χ4v) is 1.98. The highest BCUT2D eigenvalue weighted by Crippen LogP contribution is 2.23. The average molecular weight is 339 g/mol. The third kappa shape index (κ3) is 3.43. The van der Waals surface area contributed by atoms with Crippen molar-refractivity contribution >= 4 is 45.4 Å². The second-order valence-electron chi connectivity index (χ2n) is 3.82. The number of amides is 1. The van der Waals surface area contributed by atoms with Gasteiger partial charge in [-0.2, -0.15) is 0 Å². The monoisotopic (exact) mass is 337 g/mol. The van der Waals surface area contributed by atoms with Gasteiger partial charge in [-0.05, 0) is 58.4 Å². The van der Waals surface area contributed by atoms with Crippen LogP contribution in [0.3, 0.4) is 0 Å². The fourth-order valence-electron chi connectivity index (χ4n) is 1.49. The second kappa shape index (κ2) is 5.99. The zero-order chi connectivity index (χ0) is 13.8. The summed E-state index contributed by atoms with van der Waals surface area (Å²) in [4.78, 5) is 22.5. The van der Waals surface area contributed by atoms with Crippen LogP contribution in [0.1, 0.15) is 20.7 Å². The molecule has 0 aliphatic carbocycles. The molecule has 96 valence electrons. The highest BCUT2D eigenvalue weighted by molar-refractivity contribution is 9.10. The first kappa shape index (κ1) is 13.8. The molecule has 0 aliphatic heterocycles. The van der Waals surface area contributed by atoms with Crippen LogP contribution in [-0.4, -0.2) is 12.2 Å². The van der Waals surface area contributed by atoms with Crippen LogP contribution in [0.15, 0.2) is 46.9 Å². The lowest BCUT2D eigenvalue weighted by molar-refractivity contribution is 0.102. The van der Waals surface area contributed by atoms with Gasteiger partial charge in [0.1, 0.15) is 6.29 Å². The normalized spacial score (nSPS) is 10.0. The minimum atomic E-state index is -0.240. The Hall–Kier alpha value is -1.65. The van der Waals surface area contributed by atoms with E-state index in [4.69, 9.17) is 11.6 Å². The molecule has 1 amide bonds. The largest absolute Gasteiger partial charge is 0.322 e. The zero-order valence-corrected chi connectivity index (χ0v) is 12.0. The quantitative estimate of drug-likeness (QED) is 0.854. The Labute approximate surface area is 123 Å². The van der Waals surface area contributed by atoms with E-state index < -0.39 is 0 Å². The van der Waals surface area contributed by atoms with E-state index in [0.29, 0.717) is 26.3 Å². The fraction of sp³-hybridized carbons (Fsp3) is 0. The van der Waals surface area contributed by atoms with E-state index in [1.165, 1.54) is 0 Å². The molecule has 0 aliphatic rings. The Morgan fingerprint density at radius 2 is 1.84 bits per heavy atom. The number of benzene rings is 2. The van der Waals surface area contributed by atoms with Crippen molar-refractivity contribution < 1.29 is 9.59 Å². The summed E-state index contributed by atoms with van der Waals surface area (Å²) in [5, 5.41) is 3.29. The number of anilines is 1. The van der Waals surface area contributed by atoms with Crippen LogP contribution in [0.25, 0.3) is 0 Å². The lowest BCUT2D eigenvalue weighted by atomic mass is 10.2. The van der Waals surface area contributed by atoms with Gasteiger partial charge >= 0.3 is 0 Å². The zero-order valence-electron chi connectivity index (χ0n) is 9.69. The van der Waals surface area contributed by atoms with Crippen LogP contribution >= 0.6 is 27.5 Å². The van der Waals surface area contributed by atoms with E-state index in [1.54, 1.807) is 42.5 Å². The van der Waals surface area contributed by atoms with E-state index in [1.807, 2.05) is 0 Å². The molecule has 0 saturated carbocycles. The highest BCUT2D eigenvalue weighted by Gasteiger charge is 2.08. The molecule has 5 heteroatoms. The molecule has 0 bridgehead atoms. The Morgan fingerprint density at radius 1 is 1.16 bits per heavy atom. The molecular weight excluding hydrogens is 330 g/mol. The van der Waals surface area contributed by atoms with E-state index in [0.717, 1.165) is 6.29 Å². The van der Waals surface area contributed by atoms with E-state index in [9.17, 15) is 9.59 Å². The van der Waals surface area contributed by atoms with Gasteiger partial charge in [0.05, 0.1) is 5.02 Å². The summed E-state index contributed by atoms with van der Waals surface area (Å²) in [5.41, 5.74) is 1.68. The van der Waals surface area contributed by atoms with Crippen molar-refractivity contribution in [3.8, 4) is 0 Å². The van der Waals surface area contributed by atoms with Crippen LogP contribution in [0.2, 0.25) is 5.02 Å². The van der Waals surface area contributed by atoms with Crippen LogP contribution in [0, 0.1) is 0 Å². The maximum absolute atomic E-state index is 12.0. The summed E-state index contributed by atoms with van der Waals surface area (Å²) in [6.07, 6.45) is 0.752. The summed E-state index contributed by atoms with van der Waals surface area (Å²) in [6, 6.07) is 11.6. The first-order valence-electron chi connectivity index (χ1n) is 5.42. The van der Waals surface area contributed by atoms with Gasteiger partial charge in [-0.25, -0.2) is 0 Å². The molecule has 0 saturated heterocycles. The van der Waals surface area contributed by atoms with Crippen LogP contribution in [0.4, 0.5) is 5.69 Å². The molecule has 19 heavy (non-hydrogen) atoms. The van der Waals surface area contributed by atoms with Gasteiger partial charge in [0.15, 0.2) is 0 Å². The van der Waals surface area contributed by atoms with Gasteiger partial charge < -0.3 is 5.32 Å². The molecule has 2 aromatic rings. The Balaban J connectivity index is 2.15. The average Bonchev–Trinajstić information content (AvgIpc) is 2.42. The molecule has 0 fully saturated rings. The van der Waals surface area contributed by atoms with Gasteiger partial charge in [0.25, 0.3) is 5.91 Å². The molecule has 0 spiro atoms. The third-order valence-corrected chi connectivity index (χ3v) is 3.70. The number of rotatable bonds is 3. The van der Waals surface area contributed by atoms with Gasteiger partial charge in [-0.1, -0.05) is 11.6 Å². The standard InChI is InChI=1S/C14H9BrClNO2/c15-12-7-10(3-6-13(12)16)14(19)17-11-4-1-9(8-18)2-5-11/h1-8H,(H,17,19). The minimum Gasteiger partial charge on any atom is -0.322 e. The lowest BCUT2D eigenvalue weighted by Gasteiger charge is -2.06. The number of nitrogens with one attached hydrogen (secondary N) is 1. The van der Waals surface area contributed by atoms with Crippen LogP contribution < -0.4 is 5.32 Å². The number of carbonyl (C=O) groups is 2. The first-order chi connectivity index (χ1) is 9.10. The predicted octanol–water partition coefficient (Wildman–Crippen LogP) is 4.17. The summed E-state index contributed by atoms with van der Waals surface area (Å²) >= 11 is 9.14. The molecule has 0 unspecified atom stereocenters. The van der Waals surface area contributed by atoms with Gasteiger partial charge in [0, 0.05) is 21.3 Å². The maximum atomic E-state index is 12.0. The van der Waals surface area contributed by atoms with Crippen LogP contribution in [-0.2, 0) is 0 Å². The SMILES string of the molecule is O=Cc1ccc(NC(=O)c2ccc(Cl)c(Br)c2)cc1. The third-order valence-electron chi connectivity index (χ3n) is 2.49. The van der Waals surface area contributed by atoms with Crippen molar-refractivity contribution in [2.75, 3.05) is 5.32 Å². The molecule has 0 aromatic heterocycles. The van der Waals surface area contributed by atoms with Crippen molar-refractivity contribution in [3.05, 3.63) is 63.1 Å². The number of aldehydes is 1. The van der Waals surface area contributed by atoms with Crippen LogP contribution in [0.5, 0.6) is 0 Å². The van der Waals surface area contributed by atoms with Crippen molar-refractivity contribution in [1.29, 1.82) is 0 Å². The Bertz CT molecular complexity index is 626. The molecule has 0 radical (unpaired) electrons. The number of carbonyl (C=O) groups excluding carboxylic acids is 2. The second-order valence-corrected chi connectivity index (χ2v) is 5.08. The molecule has 2 rings (SSSR count). The molecular formula is C14H9BrClNO2. The number of halogens is 2. The van der Waals surface area contributed by atoms with E-state index in [2.05, 4.69) is 21.2 Å². The van der Waals surface area contributed by atoms with Crippen molar-refractivity contribution in [2.24, 2.45) is 0 Å². The van der Waals surface area contributed by atoms with Gasteiger partial charge in [-0.3, -0.25) is 9.59 Å². The summed E-state index contributed by atoms with van der Waals surface area (Å²) in [5.74, 6) is -0.240. The smallest absolute Gasteiger partial charge is 0.255 e. The van der Waals surface area contributed by atoms with E-state index in [-0.39, 0.29) is 5.91 Å². The maximum Gasteiger partial charge on any atom is 0.255 e. The summed E-state index contributed by atoms with van der Waals surface area (Å²) in [6.45, 7) is 0. The number of hydrogen-bond donors (Lipinski definition) is 1. The molecule has 3 nitrogen and oxygen atoms in total. The number of hydrogen-bond acceptors (Lipinski definition) is 2. The summed E-state index contributed by atoms with van der Waals surface area (Å²) in [7, 11) is 0. The Morgan fingerprint density at radius 3 is 2.42 bits per heavy atom. The molecule has 0 atom stereocenters.